The molecule has 1 fully saturated rings. The summed E-state index contributed by atoms with van der Waals surface area (Å²) in [7, 11) is 0. The summed E-state index contributed by atoms with van der Waals surface area (Å²) in [5.74, 6) is 1.18. The van der Waals surface area contributed by atoms with Crippen LogP contribution in [0.2, 0.25) is 0 Å². The number of pyridine rings is 2. The molecule has 0 aliphatic carbocycles. The molecule has 2 aromatic heterocycles. The molecule has 4 rings (SSSR count). The van der Waals surface area contributed by atoms with Gasteiger partial charge in [-0.3, -0.25) is 9.59 Å². The molecule has 0 saturated carbocycles. The highest BCUT2D eigenvalue weighted by molar-refractivity contribution is 5.99. The van der Waals surface area contributed by atoms with Crippen molar-refractivity contribution in [3.63, 3.8) is 0 Å². The third-order valence-corrected chi connectivity index (χ3v) is 5.21. The van der Waals surface area contributed by atoms with Crippen molar-refractivity contribution in [3.05, 3.63) is 79.0 Å². The smallest absolute Gasteiger partial charge is 0.250 e. The molecule has 3 heterocycles. The molecule has 0 spiro atoms. The summed E-state index contributed by atoms with van der Waals surface area (Å²) in [5.41, 5.74) is 7.01. The standard InChI is InChI=1S/C24H23N5O3/c1-2-22(30)29-14-12-28(13-15-29)20-10-9-19(24(25)31)23(27-20)17-8-11-21(26-16-17)32-18-6-4-3-5-7-18/h2-11,16H,1,12-15H2,(H2,25,31). The number of primary amides is 1. The lowest BCUT2D eigenvalue weighted by atomic mass is 10.1. The Morgan fingerprint density at radius 1 is 1.00 bits per heavy atom. The van der Waals surface area contributed by atoms with Gasteiger partial charge in [-0.2, -0.15) is 0 Å². The minimum atomic E-state index is -0.565. The highest BCUT2D eigenvalue weighted by Gasteiger charge is 2.22. The first-order chi connectivity index (χ1) is 15.5. The van der Waals surface area contributed by atoms with E-state index in [1.807, 2.05) is 30.3 Å². The van der Waals surface area contributed by atoms with Gasteiger partial charge in [-0.05, 0) is 36.4 Å². The average molecular weight is 429 g/mol. The summed E-state index contributed by atoms with van der Waals surface area (Å²) in [4.78, 5) is 36.7. The number of ether oxygens (including phenoxy) is 1. The molecule has 0 bridgehead atoms. The van der Waals surface area contributed by atoms with Crippen LogP contribution < -0.4 is 15.4 Å². The number of carbonyl (C=O) groups excluding carboxylic acids is 2. The van der Waals surface area contributed by atoms with Gasteiger partial charge in [-0.15, -0.1) is 0 Å². The topological polar surface area (TPSA) is 102 Å². The van der Waals surface area contributed by atoms with E-state index >= 15 is 0 Å². The van der Waals surface area contributed by atoms with Crippen LogP contribution in [-0.4, -0.2) is 52.9 Å². The first-order valence-corrected chi connectivity index (χ1v) is 10.2. The van der Waals surface area contributed by atoms with E-state index < -0.39 is 5.91 Å². The molecule has 8 nitrogen and oxygen atoms in total. The summed E-state index contributed by atoms with van der Waals surface area (Å²) in [6, 6.07) is 16.3. The fourth-order valence-electron chi connectivity index (χ4n) is 3.52. The second kappa shape index (κ2) is 9.30. The van der Waals surface area contributed by atoms with E-state index in [0.717, 1.165) is 0 Å². The van der Waals surface area contributed by atoms with Crippen molar-refractivity contribution < 1.29 is 14.3 Å². The van der Waals surface area contributed by atoms with Crippen molar-refractivity contribution in [2.75, 3.05) is 31.1 Å². The molecule has 1 aliphatic heterocycles. The number of hydrogen-bond acceptors (Lipinski definition) is 6. The van der Waals surface area contributed by atoms with Gasteiger partial charge in [0.1, 0.15) is 11.6 Å². The minimum Gasteiger partial charge on any atom is -0.439 e. The van der Waals surface area contributed by atoms with Crippen LogP contribution in [0, 0.1) is 0 Å². The molecule has 162 valence electrons. The fraction of sp³-hybridized carbons (Fsp3) is 0.167. The van der Waals surface area contributed by atoms with Gasteiger partial charge in [0.2, 0.25) is 11.8 Å². The zero-order chi connectivity index (χ0) is 22.5. The average Bonchev–Trinajstić information content (AvgIpc) is 2.84. The lowest BCUT2D eigenvalue weighted by Crippen LogP contribution is -2.48. The van der Waals surface area contributed by atoms with Crippen molar-refractivity contribution in [1.29, 1.82) is 0 Å². The molecule has 0 radical (unpaired) electrons. The summed E-state index contributed by atoms with van der Waals surface area (Å²) >= 11 is 0. The molecule has 0 atom stereocenters. The molecule has 1 saturated heterocycles. The van der Waals surface area contributed by atoms with Gasteiger partial charge in [0.05, 0.1) is 11.3 Å². The van der Waals surface area contributed by atoms with Gasteiger partial charge < -0.3 is 20.3 Å². The summed E-state index contributed by atoms with van der Waals surface area (Å²) in [6.07, 6.45) is 2.93. The highest BCUT2D eigenvalue weighted by atomic mass is 16.5. The third-order valence-electron chi connectivity index (χ3n) is 5.21. The van der Waals surface area contributed by atoms with Gasteiger partial charge >= 0.3 is 0 Å². The number of anilines is 1. The van der Waals surface area contributed by atoms with E-state index in [0.29, 0.717) is 60.4 Å². The maximum Gasteiger partial charge on any atom is 0.250 e. The first-order valence-electron chi connectivity index (χ1n) is 10.2. The second-order valence-corrected chi connectivity index (χ2v) is 7.25. The molecular formula is C24H23N5O3. The predicted molar refractivity (Wildman–Crippen MR) is 121 cm³/mol. The molecule has 3 aromatic rings. The molecule has 1 aliphatic rings. The van der Waals surface area contributed by atoms with Crippen LogP contribution in [0.4, 0.5) is 5.82 Å². The molecule has 2 N–H and O–H groups in total. The van der Waals surface area contributed by atoms with Gasteiger partial charge in [-0.1, -0.05) is 24.8 Å². The van der Waals surface area contributed by atoms with Crippen molar-refractivity contribution in [3.8, 4) is 22.9 Å². The number of carbonyl (C=O) groups is 2. The number of hydrogen-bond donors (Lipinski definition) is 1. The normalized spacial score (nSPS) is 13.5. The minimum absolute atomic E-state index is 0.0775. The molecular weight excluding hydrogens is 406 g/mol. The van der Waals surface area contributed by atoms with Gasteiger partial charge in [0, 0.05) is 44.0 Å². The number of piperazine rings is 1. The Morgan fingerprint density at radius 3 is 2.38 bits per heavy atom. The molecule has 8 heteroatoms. The Labute approximate surface area is 186 Å². The van der Waals surface area contributed by atoms with Gasteiger partial charge in [0.25, 0.3) is 5.91 Å². The van der Waals surface area contributed by atoms with Gasteiger partial charge in [-0.25, -0.2) is 9.97 Å². The van der Waals surface area contributed by atoms with E-state index in [9.17, 15) is 9.59 Å². The summed E-state index contributed by atoms with van der Waals surface area (Å²) in [5, 5.41) is 0. The molecule has 2 amide bonds. The fourth-order valence-corrected chi connectivity index (χ4v) is 3.52. The largest absolute Gasteiger partial charge is 0.439 e. The number of para-hydroxylation sites is 1. The third kappa shape index (κ3) is 4.59. The Morgan fingerprint density at radius 2 is 1.75 bits per heavy atom. The van der Waals surface area contributed by atoms with Crippen LogP contribution >= 0.6 is 0 Å². The Kier molecular flexibility index (Phi) is 6.12. The van der Waals surface area contributed by atoms with Crippen LogP contribution in [0.1, 0.15) is 10.4 Å². The zero-order valence-electron chi connectivity index (χ0n) is 17.5. The van der Waals surface area contributed by atoms with Crippen LogP contribution in [0.25, 0.3) is 11.3 Å². The van der Waals surface area contributed by atoms with Crippen molar-refractivity contribution in [1.82, 2.24) is 14.9 Å². The number of nitrogens with zero attached hydrogens (tertiary/aromatic N) is 4. The predicted octanol–water partition coefficient (Wildman–Crippen LogP) is 2.87. The quantitative estimate of drug-likeness (QED) is 0.605. The van der Waals surface area contributed by atoms with E-state index in [1.165, 1.54) is 6.08 Å². The molecule has 0 unspecified atom stereocenters. The van der Waals surface area contributed by atoms with Crippen LogP contribution in [0.15, 0.2) is 73.4 Å². The van der Waals surface area contributed by atoms with E-state index in [1.54, 1.807) is 35.4 Å². The Hall–Kier alpha value is -4.20. The lowest BCUT2D eigenvalue weighted by Gasteiger charge is -2.35. The monoisotopic (exact) mass is 429 g/mol. The Balaban J connectivity index is 1.57. The van der Waals surface area contributed by atoms with E-state index in [-0.39, 0.29) is 5.91 Å². The first kappa shape index (κ1) is 21.0. The van der Waals surface area contributed by atoms with Crippen LogP contribution in [0.5, 0.6) is 11.6 Å². The highest BCUT2D eigenvalue weighted by Crippen LogP contribution is 2.27. The number of amides is 2. The van der Waals surface area contributed by atoms with Crippen LogP contribution in [0.3, 0.4) is 0 Å². The SMILES string of the molecule is C=CC(=O)N1CCN(c2ccc(C(N)=O)c(-c3ccc(Oc4ccccc4)nc3)n2)CC1. The Bertz CT molecular complexity index is 1120. The zero-order valence-corrected chi connectivity index (χ0v) is 17.5. The maximum absolute atomic E-state index is 12.0. The van der Waals surface area contributed by atoms with E-state index in [2.05, 4.69) is 16.5 Å². The summed E-state index contributed by atoms with van der Waals surface area (Å²) in [6.45, 7) is 5.95. The van der Waals surface area contributed by atoms with Crippen molar-refractivity contribution in [2.24, 2.45) is 5.73 Å². The molecule has 1 aromatic carbocycles. The second-order valence-electron chi connectivity index (χ2n) is 7.25. The lowest BCUT2D eigenvalue weighted by molar-refractivity contribution is -0.126. The number of benzene rings is 1. The van der Waals surface area contributed by atoms with E-state index in [4.69, 9.17) is 15.5 Å². The molecule has 32 heavy (non-hydrogen) atoms. The number of aromatic nitrogens is 2. The summed E-state index contributed by atoms with van der Waals surface area (Å²) < 4.78 is 5.73. The number of nitrogens with two attached hydrogens (primary N) is 1. The van der Waals surface area contributed by atoms with Crippen molar-refractivity contribution >= 4 is 17.6 Å². The van der Waals surface area contributed by atoms with Crippen molar-refractivity contribution in [2.45, 2.75) is 0 Å². The maximum atomic E-state index is 12.0. The van der Waals surface area contributed by atoms with Gasteiger partial charge in [0.15, 0.2) is 0 Å². The number of rotatable bonds is 6. The van der Waals surface area contributed by atoms with Crippen LogP contribution in [-0.2, 0) is 4.79 Å².